The highest BCUT2D eigenvalue weighted by Crippen LogP contribution is 2.27. The van der Waals surface area contributed by atoms with E-state index in [4.69, 9.17) is 14.2 Å². The third-order valence-electron chi connectivity index (χ3n) is 4.10. The maximum atomic E-state index is 12.1. The average Bonchev–Trinajstić information content (AvgIpc) is 3.25. The molecule has 0 unspecified atom stereocenters. The first-order valence-electron chi connectivity index (χ1n) is 8.80. The van der Waals surface area contributed by atoms with Gasteiger partial charge in [-0.1, -0.05) is 17.8 Å². The maximum absolute atomic E-state index is 12.1. The van der Waals surface area contributed by atoms with Crippen LogP contribution in [-0.4, -0.2) is 48.2 Å². The second-order valence-electron chi connectivity index (χ2n) is 5.95. The van der Waals surface area contributed by atoms with Crippen LogP contribution in [-0.2, 0) is 11.3 Å². The van der Waals surface area contributed by atoms with Crippen molar-refractivity contribution in [3.05, 3.63) is 48.0 Å². The van der Waals surface area contributed by atoms with Crippen LogP contribution in [0.15, 0.2) is 47.6 Å². The maximum Gasteiger partial charge on any atom is 0.230 e. The van der Waals surface area contributed by atoms with Crippen molar-refractivity contribution in [2.45, 2.75) is 11.7 Å². The average molecular weight is 414 g/mol. The Morgan fingerprint density at radius 1 is 1.03 bits per heavy atom. The number of H-pyrrole nitrogens is 1. The number of thioether (sulfide) groups is 1. The van der Waals surface area contributed by atoms with Crippen molar-refractivity contribution in [3.63, 3.8) is 0 Å². The number of aromatic amines is 1. The Bertz CT molecular complexity index is 959. The van der Waals surface area contributed by atoms with Gasteiger partial charge >= 0.3 is 0 Å². The van der Waals surface area contributed by atoms with Gasteiger partial charge in [0.1, 0.15) is 5.75 Å². The summed E-state index contributed by atoms with van der Waals surface area (Å²) in [7, 11) is 4.78. The zero-order chi connectivity index (χ0) is 20.6. The van der Waals surface area contributed by atoms with Crippen LogP contribution < -0.4 is 19.5 Å². The molecule has 0 saturated carbocycles. The zero-order valence-corrected chi connectivity index (χ0v) is 17.2. The van der Waals surface area contributed by atoms with E-state index in [1.54, 1.807) is 21.3 Å². The normalized spacial score (nSPS) is 10.4. The molecule has 3 rings (SSSR count). The second-order valence-corrected chi connectivity index (χ2v) is 6.89. The summed E-state index contributed by atoms with van der Waals surface area (Å²) in [5.74, 6) is 2.79. The number of nitrogens with zero attached hydrogens (tertiary/aromatic N) is 2. The number of benzene rings is 2. The van der Waals surface area contributed by atoms with E-state index in [-0.39, 0.29) is 11.7 Å². The van der Waals surface area contributed by atoms with Gasteiger partial charge in [-0.3, -0.25) is 9.89 Å². The fraction of sp³-hybridized carbons (Fsp3) is 0.250. The van der Waals surface area contributed by atoms with E-state index >= 15 is 0 Å². The van der Waals surface area contributed by atoms with Gasteiger partial charge in [-0.25, -0.2) is 4.98 Å². The highest BCUT2D eigenvalue weighted by molar-refractivity contribution is 7.99. The Balaban J connectivity index is 1.50. The molecular formula is C20H22N4O4S. The summed E-state index contributed by atoms with van der Waals surface area (Å²) in [5.41, 5.74) is 1.81. The van der Waals surface area contributed by atoms with E-state index in [0.717, 1.165) is 16.9 Å². The molecule has 0 aliphatic heterocycles. The summed E-state index contributed by atoms with van der Waals surface area (Å²) >= 11 is 1.27. The fourth-order valence-electron chi connectivity index (χ4n) is 2.56. The van der Waals surface area contributed by atoms with Crippen molar-refractivity contribution >= 4 is 17.7 Å². The Morgan fingerprint density at radius 2 is 1.79 bits per heavy atom. The van der Waals surface area contributed by atoms with Gasteiger partial charge in [0.05, 0.1) is 27.1 Å². The molecule has 2 aromatic carbocycles. The molecule has 1 amide bonds. The lowest BCUT2D eigenvalue weighted by Crippen LogP contribution is -2.24. The Morgan fingerprint density at radius 3 is 2.48 bits per heavy atom. The molecule has 2 N–H and O–H groups in total. The van der Waals surface area contributed by atoms with Gasteiger partial charge in [-0.05, 0) is 42.0 Å². The minimum Gasteiger partial charge on any atom is -0.497 e. The number of aromatic nitrogens is 3. The number of ether oxygens (including phenoxy) is 3. The molecule has 0 bridgehead atoms. The molecule has 0 aliphatic rings. The molecule has 0 aliphatic carbocycles. The van der Waals surface area contributed by atoms with E-state index < -0.39 is 0 Å². The minimum atomic E-state index is -0.111. The summed E-state index contributed by atoms with van der Waals surface area (Å²) < 4.78 is 15.6. The van der Waals surface area contributed by atoms with Gasteiger partial charge < -0.3 is 19.5 Å². The van der Waals surface area contributed by atoms with E-state index in [2.05, 4.69) is 20.5 Å². The van der Waals surface area contributed by atoms with Gasteiger partial charge in [-0.15, -0.1) is 5.10 Å². The van der Waals surface area contributed by atoms with Crippen molar-refractivity contribution in [2.75, 3.05) is 27.1 Å². The Labute approximate surface area is 173 Å². The molecule has 0 saturated heterocycles. The number of amides is 1. The molecule has 1 aromatic heterocycles. The van der Waals surface area contributed by atoms with E-state index in [1.807, 2.05) is 42.5 Å². The van der Waals surface area contributed by atoms with Crippen molar-refractivity contribution in [2.24, 2.45) is 0 Å². The molecule has 0 atom stereocenters. The first kappa shape index (κ1) is 20.5. The number of hydrogen-bond donors (Lipinski definition) is 2. The molecule has 3 aromatic rings. The number of methoxy groups -OCH3 is 3. The summed E-state index contributed by atoms with van der Waals surface area (Å²) in [6, 6.07) is 13.0. The largest absolute Gasteiger partial charge is 0.497 e. The SMILES string of the molecule is COc1ccc(-c2nc(SCC(=O)NCc3ccc(OC)c(OC)c3)n[nH]2)cc1. The van der Waals surface area contributed by atoms with Gasteiger partial charge in [-0.2, -0.15) is 0 Å². The number of rotatable bonds is 9. The summed E-state index contributed by atoms with van der Waals surface area (Å²) in [6.45, 7) is 0.394. The highest BCUT2D eigenvalue weighted by atomic mass is 32.2. The van der Waals surface area contributed by atoms with Crippen LogP contribution in [0.25, 0.3) is 11.4 Å². The molecule has 152 valence electrons. The van der Waals surface area contributed by atoms with Crippen LogP contribution in [0.2, 0.25) is 0 Å². The monoisotopic (exact) mass is 414 g/mol. The molecule has 8 nitrogen and oxygen atoms in total. The van der Waals surface area contributed by atoms with Crippen LogP contribution in [0.1, 0.15) is 5.56 Å². The molecule has 0 fully saturated rings. The standard InChI is InChI=1S/C20H22N4O4S/c1-26-15-7-5-14(6-8-15)19-22-20(24-23-19)29-12-18(25)21-11-13-4-9-16(27-2)17(10-13)28-3/h4-10H,11-12H2,1-3H3,(H,21,25)(H,22,23,24). The van der Waals surface area contributed by atoms with Crippen LogP contribution in [0.5, 0.6) is 17.2 Å². The lowest BCUT2D eigenvalue weighted by atomic mass is 10.2. The summed E-state index contributed by atoms with van der Waals surface area (Å²) in [5, 5.41) is 10.4. The summed E-state index contributed by atoms with van der Waals surface area (Å²) in [6.07, 6.45) is 0. The number of carbonyl (C=O) groups excluding carboxylic acids is 1. The fourth-order valence-corrected chi connectivity index (χ4v) is 3.19. The van der Waals surface area contributed by atoms with E-state index in [0.29, 0.717) is 29.0 Å². The summed E-state index contributed by atoms with van der Waals surface area (Å²) in [4.78, 5) is 16.6. The van der Waals surface area contributed by atoms with Crippen molar-refractivity contribution in [1.29, 1.82) is 0 Å². The Kier molecular flexibility index (Phi) is 6.96. The quantitative estimate of drug-likeness (QED) is 0.520. The smallest absolute Gasteiger partial charge is 0.230 e. The topological polar surface area (TPSA) is 98.4 Å². The molecule has 0 spiro atoms. The predicted molar refractivity (Wildman–Crippen MR) is 110 cm³/mol. The number of hydrogen-bond acceptors (Lipinski definition) is 7. The van der Waals surface area contributed by atoms with Crippen LogP contribution in [0.3, 0.4) is 0 Å². The zero-order valence-electron chi connectivity index (χ0n) is 16.4. The highest BCUT2D eigenvalue weighted by Gasteiger charge is 2.10. The van der Waals surface area contributed by atoms with Gasteiger partial charge in [0, 0.05) is 12.1 Å². The van der Waals surface area contributed by atoms with Crippen molar-refractivity contribution in [3.8, 4) is 28.6 Å². The van der Waals surface area contributed by atoms with Crippen LogP contribution in [0.4, 0.5) is 0 Å². The number of nitrogens with one attached hydrogen (secondary N) is 2. The predicted octanol–water partition coefficient (Wildman–Crippen LogP) is 2.91. The van der Waals surface area contributed by atoms with E-state index in [1.165, 1.54) is 11.8 Å². The first-order valence-corrected chi connectivity index (χ1v) is 9.78. The van der Waals surface area contributed by atoms with Crippen molar-refractivity contribution in [1.82, 2.24) is 20.5 Å². The lowest BCUT2D eigenvalue weighted by Gasteiger charge is -2.10. The molecule has 29 heavy (non-hydrogen) atoms. The minimum absolute atomic E-state index is 0.111. The Hall–Kier alpha value is -3.20. The van der Waals surface area contributed by atoms with Gasteiger partial charge in [0.25, 0.3) is 0 Å². The lowest BCUT2D eigenvalue weighted by molar-refractivity contribution is -0.118. The molecule has 9 heteroatoms. The molecule has 1 heterocycles. The first-order chi connectivity index (χ1) is 14.1. The van der Waals surface area contributed by atoms with Gasteiger partial charge in [0.2, 0.25) is 11.1 Å². The number of carbonyl (C=O) groups is 1. The molecular weight excluding hydrogens is 392 g/mol. The van der Waals surface area contributed by atoms with E-state index in [9.17, 15) is 4.79 Å². The molecule has 0 radical (unpaired) electrons. The third-order valence-corrected chi connectivity index (χ3v) is 4.95. The van der Waals surface area contributed by atoms with Gasteiger partial charge in [0.15, 0.2) is 17.3 Å². The van der Waals surface area contributed by atoms with Crippen LogP contribution >= 0.6 is 11.8 Å². The van der Waals surface area contributed by atoms with Crippen molar-refractivity contribution < 1.29 is 19.0 Å². The third kappa shape index (κ3) is 5.41. The second kappa shape index (κ2) is 9.83. The van der Waals surface area contributed by atoms with Crippen LogP contribution in [0, 0.1) is 0 Å².